The topological polar surface area (TPSA) is 31.4 Å². The Bertz CT molecular complexity index is 1170. The van der Waals surface area contributed by atoms with Gasteiger partial charge in [-0.25, -0.2) is 13.9 Å². The van der Waals surface area contributed by atoms with Crippen LogP contribution in [0.15, 0.2) is 71.3 Å². The van der Waals surface area contributed by atoms with Gasteiger partial charge >= 0.3 is 0 Å². The largest absolute Gasteiger partial charge is 0.486 e. The number of hydrogen-bond donors (Lipinski definition) is 0. The second kappa shape index (κ2) is 7.22. The lowest BCUT2D eigenvalue weighted by Gasteiger charge is -2.10. The maximum Gasteiger partial charge on any atom is 0.190 e. The highest BCUT2D eigenvalue weighted by atomic mass is 79.9. The third-order valence-corrected chi connectivity index (χ3v) is 4.81. The van der Waals surface area contributed by atoms with E-state index in [1.807, 2.05) is 30.3 Å². The minimum Gasteiger partial charge on any atom is -0.486 e. The molecule has 4 aromatic rings. The highest BCUT2D eigenvalue weighted by Gasteiger charge is 2.12. The van der Waals surface area contributed by atoms with E-state index in [1.54, 1.807) is 35.1 Å². The highest BCUT2D eigenvalue weighted by Crippen LogP contribution is 2.31. The quantitative estimate of drug-likeness (QED) is 0.375. The first-order chi connectivity index (χ1) is 13.2. The first-order valence-corrected chi connectivity index (χ1v) is 8.96. The van der Waals surface area contributed by atoms with Crippen LogP contribution in [-0.2, 0) is 6.61 Å². The van der Waals surface area contributed by atoms with Gasteiger partial charge in [0.25, 0.3) is 0 Å². The molecule has 1 aromatic heterocycles. The molecule has 0 unspecified atom stereocenters. The summed E-state index contributed by atoms with van der Waals surface area (Å²) in [6.45, 7) is 7.52. The van der Waals surface area contributed by atoms with Crippen LogP contribution >= 0.6 is 15.9 Å². The van der Waals surface area contributed by atoms with Gasteiger partial charge in [0, 0.05) is 15.9 Å². The molecule has 0 aliphatic rings. The summed E-state index contributed by atoms with van der Waals surface area (Å²) in [5, 5.41) is 5.20. The summed E-state index contributed by atoms with van der Waals surface area (Å²) in [7, 11) is 0. The molecule has 0 radical (unpaired) electrons. The van der Waals surface area contributed by atoms with Crippen molar-refractivity contribution in [3.05, 3.63) is 94.1 Å². The summed E-state index contributed by atoms with van der Waals surface area (Å²) in [5.74, 6) is -0.283. The normalized spacial score (nSPS) is 10.7. The molecule has 4 rings (SSSR count). The highest BCUT2D eigenvalue weighted by molar-refractivity contribution is 9.10. The second-order valence-electron chi connectivity index (χ2n) is 5.92. The molecule has 0 fully saturated rings. The average Bonchev–Trinajstić information content (AvgIpc) is 3.12. The van der Waals surface area contributed by atoms with Crippen LogP contribution in [0, 0.1) is 12.4 Å². The van der Waals surface area contributed by atoms with Crippen LogP contribution in [0.1, 0.15) is 5.56 Å². The van der Waals surface area contributed by atoms with Crippen molar-refractivity contribution < 1.29 is 9.13 Å². The minimum atomic E-state index is -0.465. The van der Waals surface area contributed by atoms with Crippen LogP contribution in [0.2, 0.25) is 0 Å². The molecule has 0 spiro atoms. The van der Waals surface area contributed by atoms with Crippen molar-refractivity contribution in [1.82, 2.24) is 9.78 Å². The molecular formula is C21H13BrFN3O. The zero-order valence-corrected chi connectivity index (χ0v) is 15.6. The molecular weight excluding hydrogens is 409 g/mol. The Labute approximate surface area is 163 Å². The van der Waals surface area contributed by atoms with Crippen molar-refractivity contribution in [2.45, 2.75) is 6.61 Å². The number of aromatic nitrogens is 2. The SMILES string of the molecule is [C-]#[N+]c1cc(Br)c2cnn(-c3ccc(OCc4ccccc4)c(F)c3)c2c1. The fraction of sp³-hybridized carbons (Fsp3) is 0.0476. The van der Waals surface area contributed by atoms with Crippen LogP contribution in [-0.4, -0.2) is 9.78 Å². The summed E-state index contributed by atoms with van der Waals surface area (Å²) in [5.41, 5.74) is 2.74. The third-order valence-electron chi connectivity index (χ3n) is 4.15. The van der Waals surface area contributed by atoms with Gasteiger partial charge in [0.05, 0.1) is 24.0 Å². The van der Waals surface area contributed by atoms with E-state index in [2.05, 4.69) is 25.9 Å². The number of rotatable bonds is 4. The maximum absolute atomic E-state index is 14.5. The summed E-state index contributed by atoms with van der Waals surface area (Å²) >= 11 is 3.45. The number of nitrogens with zero attached hydrogens (tertiary/aromatic N) is 3. The van der Waals surface area contributed by atoms with E-state index in [0.717, 1.165) is 20.9 Å². The predicted molar refractivity (Wildman–Crippen MR) is 106 cm³/mol. The van der Waals surface area contributed by atoms with Crippen molar-refractivity contribution >= 4 is 32.5 Å². The van der Waals surface area contributed by atoms with Crippen LogP contribution in [0.4, 0.5) is 10.1 Å². The van der Waals surface area contributed by atoms with E-state index in [1.165, 1.54) is 6.07 Å². The standard InChI is InChI=1S/C21H13BrFN3O/c1-24-15-9-18(22)17-12-25-26(20(17)10-15)16-7-8-21(19(23)11-16)27-13-14-5-3-2-4-6-14/h2-12H,13H2. The van der Waals surface area contributed by atoms with Crippen LogP contribution in [0.5, 0.6) is 5.75 Å². The van der Waals surface area contributed by atoms with Gasteiger partial charge < -0.3 is 4.74 Å². The lowest BCUT2D eigenvalue weighted by molar-refractivity contribution is 0.290. The Morgan fingerprint density at radius 3 is 2.67 bits per heavy atom. The summed E-state index contributed by atoms with van der Waals surface area (Å²) in [4.78, 5) is 3.47. The first kappa shape index (κ1) is 17.3. The summed E-state index contributed by atoms with van der Waals surface area (Å²) in [6.07, 6.45) is 1.69. The van der Waals surface area contributed by atoms with Gasteiger partial charge in [-0.1, -0.05) is 46.3 Å². The molecule has 0 amide bonds. The summed E-state index contributed by atoms with van der Waals surface area (Å²) < 4.78 is 22.5. The minimum absolute atomic E-state index is 0.182. The van der Waals surface area contributed by atoms with Gasteiger partial charge in [-0.15, -0.1) is 0 Å². The molecule has 0 bridgehead atoms. The first-order valence-electron chi connectivity index (χ1n) is 8.17. The lowest BCUT2D eigenvalue weighted by atomic mass is 10.2. The van der Waals surface area contributed by atoms with Gasteiger partial charge in [-0.2, -0.15) is 5.10 Å². The van der Waals surface area contributed by atoms with Gasteiger partial charge in [0.1, 0.15) is 6.61 Å². The Hall–Kier alpha value is -3.17. The molecule has 0 aliphatic carbocycles. The van der Waals surface area contributed by atoms with Crippen molar-refractivity contribution in [3.8, 4) is 11.4 Å². The fourth-order valence-electron chi connectivity index (χ4n) is 2.81. The molecule has 0 N–H and O–H groups in total. The van der Waals surface area contributed by atoms with Crippen molar-refractivity contribution in [3.63, 3.8) is 0 Å². The predicted octanol–water partition coefficient (Wildman–Crippen LogP) is 6.06. The van der Waals surface area contributed by atoms with E-state index in [0.29, 0.717) is 18.0 Å². The van der Waals surface area contributed by atoms with Crippen molar-refractivity contribution in [2.75, 3.05) is 0 Å². The van der Waals surface area contributed by atoms with E-state index < -0.39 is 5.82 Å². The monoisotopic (exact) mass is 421 g/mol. The Morgan fingerprint density at radius 1 is 1.11 bits per heavy atom. The molecule has 0 atom stereocenters. The molecule has 4 nitrogen and oxygen atoms in total. The zero-order chi connectivity index (χ0) is 18.8. The smallest absolute Gasteiger partial charge is 0.190 e. The van der Waals surface area contributed by atoms with E-state index in [-0.39, 0.29) is 5.75 Å². The Morgan fingerprint density at radius 2 is 1.93 bits per heavy atom. The number of fused-ring (bicyclic) bond motifs is 1. The molecule has 6 heteroatoms. The van der Waals surface area contributed by atoms with Crippen LogP contribution in [0.3, 0.4) is 0 Å². The number of hydrogen-bond acceptors (Lipinski definition) is 2. The number of ether oxygens (including phenoxy) is 1. The second-order valence-corrected chi connectivity index (χ2v) is 6.77. The Kier molecular flexibility index (Phi) is 4.61. The maximum atomic E-state index is 14.5. The van der Waals surface area contributed by atoms with Crippen LogP contribution < -0.4 is 4.74 Å². The van der Waals surface area contributed by atoms with Gasteiger partial charge in [-0.05, 0) is 29.8 Å². The van der Waals surface area contributed by atoms with E-state index in [9.17, 15) is 4.39 Å². The fourth-order valence-corrected chi connectivity index (χ4v) is 3.35. The molecule has 27 heavy (non-hydrogen) atoms. The Balaban J connectivity index is 1.66. The number of benzene rings is 3. The lowest BCUT2D eigenvalue weighted by Crippen LogP contribution is -2.00. The van der Waals surface area contributed by atoms with Crippen molar-refractivity contribution in [2.24, 2.45) is 0 Å². The average molecular weight is 422 g/mol. The molecule has 0 saturated heterocycles. The molecule has 1 heterocycles. The van der Waals surface area contributed by atoms with Gasteiger partial charge in [-0.3, -0.25) is 0 Å². The molecule has 0 saturated carbocycles. The van der Waals surface area contributed by atoms with E-state index in [4.69, 9.17) is 11.3 Å². The molecule has 0 aliphatic heterocycles. The van der Waals surface area contributed by atoms with Crippen molar-refractivity contribution in [1.29, 1.82) is 0 Å². The van der Waals surface area contributed by atoms with Gasteiger partial charge in [0.2, 0.25) is 0 Å². The molecule has 3 aromatic carbocycles. The molecule has 132 valence electrons. The van der Waals surface area contributed by atoms with E-state index >= 15 is 0 Å². The van der Waals surface area contributed by atoms with Gasteiger partial charge in [0.15, 0.2) is 17.3 Å². The summed E-state index contributed by atoms with van der Waals surface area (Å²) in [6, 6.07) is 17.8. The third kappa shape index (κ3) is 3.42. The zero-order valence-electron chi connectivity index (χ0n) is 14.1. The van der Waals surface area contributed by atoms with Crippen LogP contribution in [0.25, 0.3) is 21.4 Å². The number of halogens is 2.